The molecule has 1 N–H and O–H groups in total. The molecule has 134 valence electrons. The zero-order valence-corrected chi connectivity index (χ0v) is 15.3. The Morgan fingerprint density at radius 1 is 1.23 bits per heavy atom. The quantitative estimate of drug-likeness (QED) is 0.728. The molecule has 0 saturated carbocycles. The molecule has 0 radical (unpaired) electrons. The van der Waals surface area contributed by atoms with Crippen molar-refractivity contribution in [2.24, 2.45) is 0 Å². The minimum absolute atomic E-state index is 0.137. The predicted molar refractivity (Wildman–Crippen MR) is 99.8 cm³/mol. The summed E-state index contributed by atoms with van der Waals surface area (Å²) in [4.78, 5) is 12.4. The number of hydrogen-bond acceptors (Lipinski definition) is 2. The third-order valence-corrected chi connectivity index (χ3v) is 4.44. The van der Waals surface area contributed by atoms with Gasteiger partial charge in [-0.3, -0.25) is 4.79 Å². The topological polar surface area (TPSA) is 46.9 Å². The van der Waals surface area contributed by atoms with Gasteiger partial charge in [0.25, 0.3) is 0 Å². The molecule has 6 heteroatoms. The van der Waals surface area contributed by atoms with Crippen LogP contribution in [0, 0.1) is 5.82 Å². The Balaban J connectivity index is 1.68. The highest BCUT2D eigenvalue weighted by molar-refractivity contribution is 6.31. The number of halogens is 2. The number of hydrogen-bond donors (Lipinski definition) is 1. The van der Waals surface area contributed by atoms with E-state index in [1.165, 1.54) is 12.1 Å². The van der Waals surface area contributed by atoms with Crippen molar-refractivity contribution in [3.8, 4) is 5.69 Å². The van der Waals surface area contributed by atoms with E-state index in [0.717, 1.165) is 11.3 Å². The van der Waals surface area contributed by atoms with Gasteiger partial charge in [-0.15, -0.1) is 0 Å². The van der Waals surface area contributed by atoms with Crippen molar-refractivity contribution < 1.29 is 9.18 Å². The lowest BCUT2D eigenvalue weighted by Crippen LogP contribution is -2.42. The lowest BCUT2D eigenvalue weighted by Gasteiger charge is -2.28. The molecule has 3 rings (SSSR count). The second-order valence-corrected chi connectivity index (χ2v) is 7.00. The highest BCUT2D eigenvalue weighted by Crippen LogP contribution is 2.28. The van der Waals surface area contributed by atoms with Crippen LogP contribution < -0.4 is 5.32 Å². The number of amides is 1. The Labute approximate surface area is 156 Å². The smallest absolute Gasteiger partial charge is 0.225 e. The first-order valence-corrected chi connectivity index (χ1v) is 8.58. The van der Waals surface area contributed by atoms with Crippen molar-refractivity contribution in [2.45, 2.75) is 25.8 Å². The van der Waals surface area contributed by atoms with E-state index in [1.54, 1.807) is 16.9 Å². The van der Waals surface area contributed by atoms with E-state index in [9.17, 15) is 9.18 Å². The highest BCUT2D eigenvalue weighted by atomic mass is 35.5. The van der Waals surface area contributed by atoms with Crippen molar-refractivity contribution in [2.75, 3.05) is 0 Å². The molecular weight excluding hydrogens is 353 g/mol. The van der Waals surface area contributed by atoms with Gasteiger partial charge in [-0.25, -0.2) is 9.07 Å². The van der Waals surface area contributed by atoms with Crippen molar-refractivity contribution in [1.82, 2.24) is 15.1 Å². The molecule has 4 nitrogen and oxygen atoms in total. The van der Waals surface area contributed by atoms with Crippen LogP contribution >= 0.6 is 11.6 Å². The van der Waals surface area contributed by atoms with E-state index in [2.05, 4.69) is 10.4 Å². The zero-order valence-electron chi connectivity index (χ0n) is 14.5. The van der Waals surface area contributed by atoms with Gasteiger partial charge in [0, 0.05) is 17.4 Å². The van der Waals surface area contributed by atoms with Crippen molar-refractivity contribution in [1.29, 1.82) is 0 Å². The van der Waals surface area contributed by atoms with Gasteiger partial charge in [0.2, 0.25) is 5.91 Å². The molecule has 0 spiro atoms. The van der Waals surface area contributed by atoms with E-state index in [-0.39, 0.29) is 12.3 Å². The maximum absolute atomic E-state index is 13.2. The minimum Gasteiger partial charge on any atom is -0.347 e. The summed E-state index contributed by atoms with van der Waals surface area (Å²) in [6, 6.07) is 13.7. The Morgan fingerprint density at radius 3 is 2.58 bits per heavy atom. The summed E-state index contributed by atoms with van der Waals surface area (Å²) >= 11 is 6.12. The molecule has 0 aliphatic rings. The molecule has 26 heavy (non-hydrogen) atoms. The number of nitrogens with zero attached hydrogens (tertiary/aromatic N) is 2. The van der Waals surface area contributed by atoms with Gasteiger partial charge in [0.05, 0.1) is 17.6 Å². The summed E-state index contributed by atoms with van der Waals surface area (Å²) in [5.74, 6) is -0.541. The summed E-state index contributed by atoms with van der Waals surface area (Å²) in [6.07, 6.45) is 3.81. The van der Waals surface area contributed by atoms with Crippen LogP contribution in [0.15, 0.2) is 60.9 Å². The van der Waals surface area contributed by atoms with Crippen LogP contribution in [0.25, 0.3) is 5.69 Å². The SMILES string of the molecule is CC(C)(NC(=O)Cc1ccc(-n2cccn2)cc1)c1ccc(F)cc1Cl. The highest BCUT2D eigenvalue weighted by Gasteiger charge is 2.25. The molecule has 0 atom stereocenters. The summed E-state index contributed by atoms with van der Waals surface area (Å²) in [5.41, 5.74) is 1.77. The van der Waals surface area contributed by atoms with Crippen molar-refractivity contribution in [3.63, 3.8) is 0 Å². The molecule has 1 aromatic heterocycles. The molecule has 0 unspecified atom stereocenters. The number of carbonyl (C=O) groups is 1. The second kappa shape index (κ2) is 7.30. The first kappa shape index (κ1) is 18.1. The molecule has 1 amide bonds. The van der Waals surface area contributed by atoms with Gasteiger partial charge < -0.3 is 5.32 Å². The van der Waals surface area contributed by atoms with Gasteiger partial charge in [0.1, 0.15) is 5.82 Å². The van der Waals surface area contributed by atoms with E-state index in [4.69, 9.17) is 11.6 Å². The Hall–Kier alpha value is -2.66. The Morgan fingerprint density at radius 2 is 1.96 bits per heavy atom. The number of carbonyl (C=O) groups excluding carboxylic acids is 1. The number of benzene rings is 2. The lowest BCUT2D eigenvalue weighted by molar-refractivity contribution is -0.122. The van der Waals surface area contributed by atoms with Crippen LogP contribution in [0.4, 0.5) is 4.39 Å². The van der Waals surface area contributed by atoms with E-state index in [0.29, 0.717) is 10.6 Å². The maximum Gasteiger partial charge on any atom is 0.225 e. The molecule has 0 aliphatic heterocycles. The van der Waals surface area contributed by atoms with Gasteiger partial charge in [-0.2, -0.15) is 5.10 Å². The fourth-order valence-corrected chi connectivity index (χ4v) is 3.23. The van der Waals surface area contributed by atoms with Crippen LogP contribution in [0.5, 0.6) is 0 Å². The minimum atomic E-state index is -0.711. The van der Waals surface area contributed by atoms with Gasteiger partial charge in [-0.05, 0) is 55.3 Å². The summed E-state index contributed by atoms with van der Waals surface area (Å²) in [5, 5.41) is 7.42. The molecule has 0 fully saturated rings. The Bertz CT molecular complexity index is 905. The number of rotatable bonds is 5. The lowest BCUT2D eigenvalue weighted by atomic mass is 9.93. The van der Waals surface area contributed by atoms with Crippen LogP contribution in [-0.4, -0.2) is 15.7 Å². The zero-order chi connectivity index (χ0) is 18.7. The average molecular weight is 372 g/mol. The summed E-state index contributed by atoms with van der Waals surface area (Å²) in [7, 11) is 0. The van der Waals surface area contributed by atoms with Gasteiger partial charge in [0.15, 0.2) is 0 Å². The summed E-state index contributed by atoms with van der Waals surface area (Å²) < 4.78 is 15.0. The number of aromatic nitrogens is 2. The van der Waals surface area contributed by atoms with Gasteiger partial charge in [-0.1, -0.05) is 29.8 Å². The molecular formula is C20H19ClFN3O. The molecule has 1 heterocycles. The second-order valence-electron chi connectivity index (χ2n) is 6.59. The fourth-order valence-electron chi connectivity index (χ4n) is 2.83. The van der Waals surface area contributed by atoms with E-state index >= 15 is 0 Å². The number of nitrogens with one attached hydrogen (secondary N) is 1. The first-order chi connectivity index (χ1) is 12.3. The van der Waals surface area contributed by atoms with Crippen LogP contribution in [0.3, 0.4) is 0 Å². The van der Waals surface area contributed by atoms with Crippen LogP contribution in [0.1, 0.15) is 25.0 Å². The van der Waals surface area contributed by atoms with Gasteiger partial charge >= 0.3 is 0 Å². The molecule has 0 aliphatic carbocycles. The van der Waals surface area contributed by atoms with Crippen molar-refractivity contribution >= 4 is 17.5 Å². The predicted octanol–water partition coefficient (Wildman–Crippen LogP) is 4.26. The van der Waals surface area contributed by atoms with Crippen LogP contribution in [0.2, 0.25) is 5.02 Å². The standard InChI is InChI=1S/C20H19ClFN3O/c1-20(2,17-9-6-15(22)13-18(17)21)24-19(26)12-14-4-7-16(8-5-14)25-11-3-10-23-25/h3-11,13H,12H2,1-2H3,(H,24,26). The fraction of sp³-hybridized carbons (Fsp3) is 0.200. The largest absolute Gasteiger partial charge is 0.347 e. The average Bonchev–Trinajstić information content (AvgIpc) is 3.09. The third-order valence-electron chi connectivity index (χ3n) is 4.13. The molecule has 3 aromatic rings. The van der Waals surface area contributed by atoms with Crippen LogP contribution in [-0.2, 0) is 16.8 Å². The Kier molecular flexibility index (Phi) is 5.09. The molecule has 0 saturated heterocycles. The van der Waals surface area contributed by atoms with E-state index in [1.807, 2.05) is 50.4 Å². The van der Waals surface area contributed by atoms with Crippen molar-refractivity contribution in [3.05, 3.63) is 82.9 Å². The van der Waals surface area contributed by atoms with E-state index < -0.39 is 11.4 Å². The molecule has 2 aromatic carbocycles. The maximum atomic E-state index is 13.2. The monoisotopic (exact) mass is 371 g/mol. The third kappa shape index (κ3) is 4.11. The molecule has 0 bridgehead atoms. The summed E-state index contributed by atoms with van der Waals surface area (Å²) in [6.45, 7) is 3.68. The first-order valence-electron chi connectivity index (χ1n) is 8.21. The normalized spacial score (nSPS) is 11.4.